The van der Waals surface area contributed by atoms with E-state index in [9.17, 15) is 0 Å². The van der Waals surface area contributed by atoms with Gasteiger partial charge in [-0.1, -0.05) is 23.8 Å². The molecule has 1 aliphatic rings. The largest absolute Gasteiger partial charge is 0.313 e. The zero-order chi connectivity index (χ0) is 7.40. The molecule has 0 aromatic rings. The molecule has 0 saturated carbocycles. The van der Waals surface area contributed by atoms with Crippen molar-refractivity contribution in [1.82, 2.24) is 0 Å². The van der Waals surface area contributed by atoms with Gasteiger partial charge in [0.05, 0.1) is 0 Å². The Kier molecular flexibility index (Phi) is 2.43. The fourth-order valence-corrected chi connectivity index (χ4v) is 1.24. The molecule has 1 unspecified atom stereocenters. The molecule has 0 spiro atoms. The smallest absolute Gasteiger partial charge is 0.00418 e. The second-order valence-corrected chi connectivity index (χ2v) is 2.75. The summed E-state index contributed by atoms with van der Waals surface area (Å²) in [6.07, 6.45) is 10.1. The van der Waals surface area contributed by atoms with Crippen LogP contribution >= 0.6 is 0 Å². The highest BCUT2D eigenvalue weighted by Crippen LogP contribution is 2.17. The summed E-state index contributed by atoms with van der Waals surface area (Å²) in [6, 6.07) is 0. The van der Waals surface area contributed by atoms with Gasteiger partial charge in [-0.3, -0.25) is 0 Å². The van der Waals surface area contributed by atoms with Crippen LogP contribution in [-0.4, -0.2) is 6.21 Å². The van der Waals surface area contributed by atoms with E-state index in [-0.39, 0.29) is 0 Å². The van der Waals surface area contributed by atoms with Crippen molar-refractivity contribution in [3.8, 4) is 0 Å². The van der Waals surface area contributed by atoms with Crippen molar-refractivity contribution < 1.29 is 0 Å². The van der Waals surface area contributed by atoms with Crippen LogP contribution in [0.25, 0.3) is 0 Å². The predicted molar refractivity (Wildman–Crippen MR) is 44.4 cm³/mol. The van der Waals surface area contributed by atoms with Crippen molar-refractivity contribution in [3.05, 3.63) is 23.8 Å². The number of hydrogen-bond acceptors (Lipinski definition) is 1. The Balaban J connectivity index is 2.51. The molecule has 0 aromatic heterocycles. The second kappa shape index (κ2) is 3.35. The lowest BCUT2D eigenvalue weighted by molar-refractivity contribution is 0.686. The Morgan fingerprint density at radius 1 is 1.80 bits per heavy atom. The first-order valence-corrected chi connectivity index (χ1v) is 3.67. The summed E-state index contributed by atoms with van der Waals surface area (Å²) in [6.45, 7) is 2.10. The van der Waals surface area contributed by atoms with Crippen LogP contribution in [0.1, 0.15) is 19.8 Å². The summed E-state index contributed by atoms with van der Waals surface area (Å²) in [5.74, 6) is 0.586. The van der Waals surface area contributed by atoms with Crippen molar-refractivity contribution in [2.24, 2.45) is 5.92 Å². The van der Waals surface area contributed by atoms with Gasteiger partial charge in [-0.25, -0.2) is 0 Å². The highest BCUT2D eigenvalue weighted by molar-refractivity contribution is 5.54. The molecule has 0 heterocycles. The van der Waals surface area contributed by atoms with Crippen molar-refractivity contribution >= 4 is 6.21 Å². The summed E-state index contributed by atoms with van der Waals surface area (Å²) in [5.41, 5.74) is 1.33. The van der Waals surface area contributed by atoms with Crippen LogP contribution in [0.2, 0.25) is 0 Å². The first-order chi connectivity index (χ1) is 4.83. The van der Waals surface area contributed by atoms with E-state index in [0.717, 1.165) is 12.8 Å². The van der Waals surface area contributed by atoms with Gasteiger partial charge in [0.2, 0.25) is 0 Å². The lowest BCUT2D eigenvalue weighted by Gasteiger charge is -2.11. The predicted octanol–water partition coefficient (Wildman–Crippen LogP) is 2.55. The van der Waals surface area contributed by atoms with Gasteiger partial charge in [0.25, 0.3) is 0 Å². The normalized spacial score (nSPS) is 24.1. The zero-order valence-corrected chi connectivity index (χ0v) is 6.30. The lowest BCUT2D eigenvalue weighted by atomic mass is 9.95. The topological polar surface area (TPSA) is 23.9 Å². The highest BCUT2D eigenvalue weighted by atomic mass is 14.3. The van der Waals surface area contributed by atoms with Gasteiger partial charge in [-0.15, -0.1) is 0 Å². The van der Waals surface area contributed by atoms with Crippen molar-refractivity contribution in [3.63, 3.8) is 0 Å². The van der Waals surface area contributed by atoms with Crippen LogP contribution in [0.4, 0.5) is 0 Å². The van der Waals surface area contributed by atoms with Gasteiger partial charge in [0.15, 0.2) is 0 Å². The molecule has 1 N–H and O–H groups in total. The van der Waals surface area contributed by atoms with Crippen LogP contribution in [-0.2, 0) is 0 Å². The minimum Gasteiger partial charge on any atom is -0.313 e. The summed E-state index contributed by atoms with van der Waals surface area (Å²) in [5, 5.41) is 6.93. The standard InChI is InChI=1S/C9H13N/c1-8-3-2-4-9(7-8)5-6-10/h2-3,6-7,9-10H,4-5H2,1H3. The third-order valence-electron chi connectivity index (χ3n) is 1.74. The third kappa shape index (κ3) is 1.83. The first kappa shape index (κ1) is 7.26. The van der Waals surface area contributed by atoms with Crippen LogP contribution in [0, 0.1) is 11.3 Å². The number of allylic oxidation sites excluding steroid dienone is 4. The molecular formula is C9H13N. The molecule has 0 bridgehead atoms. The summed E-state index contributed by atoms with van der Waals surface area (Å²) >= 11 is 0. The highest BCUT2D eigenvalue weighted by Gasteiger charge is 2.04. The first-order valence-electron chi connectivity index (χ1n) is 3.67. The fourth-order valence-electron chi connectivity index (χ4n) is 1.24. The number of nitrogens with one attached hydrogen (secondary N) is 1. The van der Waals surface area contributed by atoms with Gasteiger partial charge < -0.3 is 5.41 Å². The molecule has 0 aromatic carbocycles. The maximum absolute atomic E-state index is 6.93. The fraction of sp³-hybridized carbons (Fsp3) is 0.444. The molecule has 0 radical (unpaired) electrons. The van der Waals surface area contributed by atoms with E-state index in [4.69, 9.17) is 5.41 Å². The molecule has 0 saturated heterocycles. The van der Waals surface area contributed by atoms with E-state index in [2.05, 4.69) is 25.2 Å². The lowest BCUT2D eigenvalue weighted by Crippen LogP contribution is -1.99. The van der Waals surface area contributed by atoms with Crippen LogP contribution in [0.5, 0.6) is 0 Å². The van der Waals surface area contributed by atoms with E-state index < -0.39 is 0 Å². The Bertz CT molecular complexity index is 175. The minimum absolute atomic E-state index is 0.586. The molecule has 0 aliphatic heterocycles. The third-order valence-corrected chi connectivity index (χ3v) is 1.74. The van der Waals surface area contributed by atoms with Gasteiger partial charge in [0.1, 0.15) is 0 Å². The molecule has 0 fully saturated rings. The van der Waals surface area contributed by atoms with Crippen LogP contribution in [0.3, 0.4) is 0 Å². The molecular weight excluding hydrogens is 122 g/mol. The molecule has 54 valence electrons. The minimum atomic E-state index is 0.586. The van der Waals surface area contributed by atoms with Gasteiger partial charge >= 0.3 is 0 Å². The van der Waals surface area contributed by atoms with Crippen molar-refractivity contribution in [2.75, 3.05) is 0 Å². The summed E-state index contributed by atoms with van der Waals surface area (Å²) < 4.78 is 0. The molecule has 1 aliphatic carbocycles. The molecule has 1 nitrogen and oxygen atoms in total. The number of rotatable bonds is 2. The van der Waals surface area contributed by atoms with E-state index >= 15 is 0 Å². The van der Waals surface area contributed by atoms with E-state index in [1.165, 1.54) is 11.8 Å². The maximum atomic E-state index is 6.93. The molecule has 0 amide bonds. The van der Waals surface area contributed by atoms with E-state index in [1.54, 1.807) is 0 Å². The zero-order valence-electron chi connectivity index (χ0n) is 6.30. The quantitative estimate of drug-likeness (QED) is 0.563. The molecule has 1 rings (SSSR count). The Morgan fingerprint density at radius 3 is 3.20 bits per heavy atom. The number of hydrogen-bond donors (Lipinski definition) is 1. The van der Waals surface area contributed by atoms with Crippen LogP contribution in [0.15, 0.2) is 23.8 Å². The summed E-state index contributed by atoms with van der Waals surface area (Å²) in [4.78, 5) is 0. The van der Waals surface area contributed by atoms with Gasteiger partial charge in [-0.2, -0.15) is 0 Å². The Hall–Kier alpha value is -0.850. The van der Waals surface area contributed by atoms with E-state index in [1.807, 2.05) is 0 Å². The molecule has 1 heteroatoms. The monoisotopic (exact) mass is 135 g/mol. The molecule has 10 heavy (non-hydrogen) atoms. The summed E-state index contributed by atoms with van der Waals surface area (Å²) in [7, 11) is 0. The Morgan fingerprint density at radius 2 is 2.60 bits per heavy atom. The van der Waals surface area contributed by atoms with Gasteiger partial charge in [0, 0.05) is 0 Å². The Labute approximate surface area is 62.0 Å². The maximum Gasteiger partial charge on any atom is -0.00418 e. The average molecular weight is 135 g/mol. The van der Waals surface area contributed by atoms with Crippen molar-refractivity contribution in [1.29, 1.82) is 5.41 Å². The van der Waals surface area contributed by atoms with E-state index in [0.29, 0.717) is 5.92 Å². The SMILES string of the molecule is CC1=CC(CC=N)CC=C1. The average Bonchev–Trinajstić information content (AvgIpc) is 1.88. The second-order valence-electron chi connectivity index (χ2n) is 2.75. The van der Waals surface area contributed by atoms with Gasteiger partial charge in [-0.05, 0) is 31.9 Å². The van der Waals surface area contributed by atoms with Crippen LogP contribution < -0.4 is 0 Å². The molecule has 1 atom stereocenters. The van der Waals surface area contributed by atoms with Crippen molar-refractivity contribution in [2.45, 2.75) is 19.8 Å².